The van der Waals surface area contributed by atoms with Crippen LogP contribution in [0.2, 0.25) is 0 Å². The van der Waals surface area contributed by atoms with Crippen molar-refractivity contribution in [1.82, 2.24) is 0 Å². The molecular weight excluding hydrogens is 399 g/mol. The Morgan fingerprint density at radius 1 is 0.667 bits per heavy atom. The summed E-state index contributed by atoms with van der Waals surface area (Å²) in [5.74, 6) is 0. The Morgan fingerprint density at radius 3 is 1.05 bits per heavy atom. The summed E-state index contributed by atoms with van der Waals surface area (Å²) in [6.45, 7) is 11.0. The Labute approximate surface area is 153 Å². The highest BCUT2D eigenvalue weighted by Gasteiger charge is 2.68. The normalized spacial score (nSPS) is 14.3. The molecule has 0 radical (unpaired) electrons. The van der Waals surface area contributed by atoms with Crippen molar-refractivity contribution in [1.29, 1.82) is 0 Å². The SMILES string of the molecule is CC(C)O[P+](OC(C)C)(OC(C)C)[B-](Cl)(C(Cl)Cl)C(Cl)Cl. The highest BCUT2D eigenvalue weighted by molar-refractivity contribution is 8.07. The second kappa shape index (κ2) is 9.35. The van der Waals surface area contributed by atoms with Crippen LogP contribution in [-0.4, -0.2) is 33.1 Å². The van der Waals surface area contributed by atoms with E-state index in [1.54, 1.807) is 0 Å². The van der Waals surface area contributed by atoms with Gasteiger partial charge in [-0.15, -0.1) is 46.4 Å². The highest BCUT2D eigenvalue weighted by atomic mass is 35.5. The highest BCUT2D eigenvalue weighted by Crippen LogP contribution is 2.76. The number of halogens is 5. The van der Waals surface area contributed by atoms with Crippen molar-refractivity contribution < 1.29 is 13.6 Å². The predicted molar refractivity (Wildman–Crippen MR) is 98.2 cm³/mol. The van der Waals surface area contributed by atoms with Crippen molar-refractivity contribution in [3.63, 3.8) is 0 Å². The maximum atomic E-state index is 6.67. The zero-order valence-corrected chi connectivity index (χ0v) is 17.7. The molecule has 0 N–H and O–H groups in total. The van der Waals surface area contributed by atoms with Crippen LogP contribution in [0.1, 0.15) is 41.5 Å². The van der Waals surface area contributed by atoms with Gasteiger partial charge in [-0.1, -0.05) is 0 Å². The fourth-order valence-corrected chi connectivity index (χ4v) is 7.60. The lowest BCUT2D eigenvalue weighted by molar-refractivity contribution is 0.0848. The van der Waals surface area contributed by atoms with E-state index in [0.29, 0.717) is 0 Å². The Morgan fingerprint density at radius 2 is 0.905 bits per heavy atom. The zero-order chi connectivity index (χ0) is 17.0. The number of hydrogen-bond donors (Lipinski definition) is 0. The van der Waals surface area contributed by atoms with E-state index in [-0.39, 0.29) is 18.3 Å². The number of rotatable bonds is 9. The van der Waals surface area contributed by atoms with E-state index in [2.05, 4.69) is 0 Å². The Kier molecular flexibility index (Phi) is 10.2. The molecule has 0 bridgehead atoms. The maximum Gasteiger partial charge on any atom is 0.402 e. The summed E-state index contributed by atoms with van der Waals surface area (Å²) in [6, 6.07) is 0. The largest absolute Gasteiger partial charge is 0.402 e. The average Bonchev–Trinajstić information content (AvgIpc) is 2.23. The van der Waals surface area contributed by atoms with Crippen LogP contribution < -0.4 is 0 Å². The van der Waals surface area contributed by atoms with E-state index >= 15 is 0 Å². The lowest BCUT2D eigenvalue weighted by Crippen LogP contribution is -2.49. The molecule has 0 aromatic rings. The van der Waals surface area contributed by atoms with Gasteiger partial charge in [-0.25, -0.2) is 13.6 Å². The minimum atomic E-state index is -3.20. The van der Waals surface area contributed by atoms with Gasteiger partial charge in [-0.2, -0.15) is 0 Å². The minimum Gasteiger partial charge on any atom is -0.325 e. The molecule has 0 rings (SSSR count). The zero-order valence-electron chi connectivity index (χ0n) is 13.0. The first-order valence-electron chi connectivity index (χ1n) is 6.73. The van der Waals surface area contributed by atoms with Crippen LogP contribution in [0.25, 0.3) is 0 Å². The van der Waals surface area contributed by atoms with Crippen LogP contribution in [0.3, 0.4) is 0 Å². The molecule has 21 heavy (non-hydrogen) atoms. The van der Waals surface area contributed by atoms with Gasteiger partial charge >= 0.3 is 5.28 Å². The van der Waals surface area contributed by atoms with Crippen molar-refractivity contribution in [2.45, 2.75) is 69.3 Å². The molecule has 0 aliphatic heterocycles. The molecule has 0 amide bonds. The fourth-order valence-electron chi connectivity index (χ4n) is 1.62. The van der Waals surface area contributed by atoms with Crippen molar-refractivity contribution in [2.24, 2.45) is 0 Å². The van der Waals surface area contributed by atoms with Crippen molar-refractivity contribution in [3.05, 3.63) is 0 Å². The number of alkyl halides is 4. The Bertz CT molecular complexity index is 284. The molecule has 10 heteroatoms. The van der Waals surface area contributed by atoms with E-state index < -0.39 is 22.6 Å². The van der Waals surface area contributed by atoms with Crippen LogP contribution in [-0.2, 0) is 13.6 Å². The molecule has 0 spiro atoms. The lowest BCUT2D eigenvalue weighted by atomic mass is 9.79. The van der Waals surface area contributed by atoms with Crippen molar-refractivity contribution >= 4 is 71.0 Å². The molecule has 0 aromatic carbocycles. The maximum absolute atomic E-state index is 6.67. The summed E-state index contributed by atoms with van der Waals surface area (Å²) in [5, 5.41) is -2.41. The molecule has 0 heterocycles. The van der Waals surface area contributed by atoms with Gasteiger partial charge in [0.15, 0.2) is 0 Å². The lowest BCUT2D eigenvalue weighted by Gasteiger charge is -2.44. The second-order valence-corrected chi connectivity index (χ2v) is 11.4. The minimum absolute atomic E-state index is 0.227. The molecule has 0 aromatic heterocycles. The van der Waals surface area contributed by atoms with Gasteiger partial charge in [-0.3, -0.25) is 0 Å². The van der Waals surface area contributed by atoms with Crippen LogP contribution in [0.4, 0.5) is 0 Å². The summed E-state index contributed by atoms with van der Waals surface area (Å²) in [4.78, 5) is 0. The van der Waals surface area contributed by atoms with E-state index in [9.17, 15) is 0 Å². The quantitative estimate of drug-likeness (QED) is 0.245. The van der Waals surface area contributed by atoms with Crippen LogP contribution in [0.15, 0.2) is 0 Å². The van der Waals surface area contributed by atoms with E-state index in [1.807, 2.05) is 41.5 Å². The van der Waals surface area contributed by atoms with Gasteiger partial charge in [0.2, 0.25) is 0 Å². The first-order valence-corrected chi connectivity index (χ1v) is 10.5. The third kappa shape index (κ3) is 6.00. The van der Waals surface area contributed by atoms with Gasteiger partial charge in [0, 0.05) is 9.47 Å². The summed E-state index contributed by atoms with van der Waals surface area (Å²) < 4.78 is 15.7. The Hall–Kier alpha value is 1.82. The molecule has 128 valence electrons. The molecule has 0 aliphatic carbocycles. The molecule has 0 saturated carbocycles. The monoisotopic (exact) mass is 420 g/mol. The average molecular weight is 422 g/mol. The smallest absolute Gasteiger partial charge is 0.325 e. The van der Waals surface area contributed by atoms with Gasteiger partial charge in [0.05, 0.1) is 18.3 Å². The van der Waals surface area contributed by atoms with E-state index in [4.69, 9.17) is 71.4 Å². The predicted octanol–water partition coefficient (Wildman–Crippen LogP) is 6.39. The number of hydrogen-bond acceptors (Lipinski definition) is 3. The molecule has 3 nitrogen and oxygen atoms in total. The molecule has 0 atom stereocenters. The van der Waals surface area contributed by atoms with Crippen molar-refractivity contribution in [3.8, 4) is 0 Å². The van der Waals surface area contributed by atoms with Crippen molar-refractivity contribution in [2.75, 3.05) is 0 Å². The Balaban J connectivity index is 6.01. The second-order valence-electron chi connectivity index (χ2n) is 5.51. The van der Waals surface area contributed by atoms with Crippen LogP contribution >= 0.6 is 65.7 Å². The first kappa shape index (κ1) is 22.8. The topological polar surface area (TPSA) is 27.7 Å². The third-order valence-corrected chi connectivity index (χ3v) is 10.0. The molecule has 0 fully saturated rings. The molecule has 0 unspecified atom stereocenters. The van der Waals surface area contributed by atoms with Gasteiger partial charge in [0.25, 0.3) is 7.82 Å². The van der Waals surface area contributed by atoms with Gasteiger partial charge in [-0.05, 0) is 41.5 Å². The molecule has 0 aliphatic rings. The van der Waals surface area contributed by atoms with E-state index in [0.717, 1.165) is 0 Å². The third-order valence-electron chi connectivity index (χ3n) is 2.26. The fraction of sp³-hybridized carbons (Fsp3) is 1.00. The standard InChI is InChI=1S/C11H23BCl5O3P/c1-7(2)18-21(19-8(3)4,20-9(5)6)12(17,10(13)14)11(15)16/h7-11H,1-6H3. The van der Waals surface area contributed by atoms with Gasteiger partial charge < -0.3 is 11.5 Å². The summed E-state index contributed by atoms with van der Waals surface area (Å²) in [5.41, 5.74) is 0. The van der Waals surface area contributed by atoms with Crippen LogP contribution in [0, 0.1) is 0 Å². The molecule has 0 saturated heterocycles. The van der Waals surface area contributed by atoms with E-state index in [1.165, 1.54) is 0 Å². The first-order chi connectivity index (χ1) is 9.39. The summed E-state index contributed by atoms with van der Waals surface area (Å²) in [6.07, 6.45) is -0.681. The molecular formula is C11H23BCl5O3P. The van der Waals surface area contributed by atoms with Gasteiger partial charge in [0.1, 0.15) is 0 Å². The summed E-state index contributed by atoms with van der Waals surface area (Å²) >= 11 is 31.1. The summed E-state index contributed by atoms with van der Waals surface area (Å²) in [7, 11) is -3.20. The van der Waals surface area contributed by atoms with Crippen LogP contribution in [0.5, 0.6) is 0 Å².